The predicted octanol–water partition coefficient (Wildman–Crippen LogP) is 2.28. The van der Waals surface area contributed by atoms with E-state index in [2.05, 4.69) is 23.3 Å². The number of benzene rings is 1. The summed E-state index contributed by atoms with van der Waals surface area (Å²) in [5.41, 5.74) is 0.877. The van der Waals surface area contributed by atoms with Crippen molar-refractivity contribution < 1.29 is 14.6 Å². The zero-order valence-electron chi connectivity index (χ0n) is 13.9. The number of hydrogen-bond donors (Lipinski definition) is 1. The van der Waals surface area contributed by atoms with Crippen LogP contribution < -0.4 is 0 Å². The molecule has 0 amide bonds. The van der Waals surface area contributed by atoms with E-state index in [4.69, 9.17) is 9.47 Å². The van der Waals surface area contributed by atoms with Gasteiger partial charge >= 0.3 is 0 Å². The van der Waals surface area contributed by atoms with Crippen molar-refractivity contribution in [2.45, 2.75) is 19.5 Å². The molecule has 1 aromatic rings. The zero-order chi connectivity index (χ0) is 16.4. The fourth-order valence-electron chi connectivity index (χ4n) is 2.38. The molecule has 0 spiro atoms. The molecular formula is C17H28N2O3. The second-order valence-electron chi connectivity index (χ2n) is 5.17. The van der Waals surface area contributed by atoms with Gasteiger partial charge in [-0.25, -0.2) is 0 Å². The highest BCUT2D eigenvalue weighted by molar-refractivity contribution is 5.31. The second-order valence-corrected chi connectivity index (χ2v) is 5.17. The highest BCUT2D eigenvalue weighted by atomic mass is 16.5. The van der Waals surface area contributed by atoms with E-state index in [9.17, 15) is 5.11 Å². The molecule has 5 heteroatoms. The highest BCUT2D eigenvalue weighted by Gasteiger charge is 2.21. The van der Waals surface area contributed by atoms with Crippen LogP contribution in [0.15, 0.2) is 37.0 Å². The Balaban J connectivity index is 2.87. The van der Waals surface area contributed by atoms with Gasteiger partial charge in [0.05, 0.1) is 19.4 Å². The van der Waals surface area contributed by atoms with Gasteiger partial charge in [-0.15, -0.1) is 0 Å². The van der Waals surface area contributed by atoms with Crippen LogP contribution in [0.1, 0.15) is 12.5 Å². The van der Waals surface area contributed by atoms with Gasteiger partial charge < -0.3 is 19.5 Å². The summed E-state index contributed by atoms with van der Waals surface area (Å²) in [6.45, 7) is 9.28. The quantitative estimate of drug-likeness (QED) is 0.635. The highest BCUT2D eigenvalue weighted by Crippen LogP contribution is 2.19. The van der Waals surface area contributed by atoms with Gasteiger partial charge in [-0.1, -0.05) is 24.8 Å². The molecule has 0 saturated carbocycles. The minimum Gasteiger partial charge on any atom is -0.508 e. The third-order valence-electron chi connectivity index (χ3n) is 3.65. The van der Waals surface area contributed by atoms with Crippen molar-refractivity contribution in [3.05, 3.63) is 42.6 Å². The third kappa shape index (κ3) is 5.67. The van der Waals surface area contributed by atoms with Crippen molar-refractivity contribution in [2.24, 2.45) is 0 Å². The lowest BCUT2D eigenvalue weighted by Gasteiger charge is -2.34. The first-order chi connectivity index (χ1) is 10.7. The van der Waals surface area contributed by atoms with Crippen LogP contribution in [0, 0.1) is 0 Å². The molecule has 1 N–H and O–H groups in total. The molecule has 0 fully saturated rings. The van der Waals surface area contributed by atoms with Gasteiger partial charge in [0.2, 0.25) is 0 Å². The molecule has 0 bridgehead atoms. The number of aromatic hydroxyl groups is 1. The average molecular weight is 308 g/mol. The number of ether oxygens (including phenoxy) is 2. The maximum atomic E-state index is 9.99. The summed E-state index contributed by atoms with van der Waals surface area (Å²) >= 11 is 0. The maximum Gasteiger partial charge on any atom is 0.120 e. The Morgan fingerprint density at radius 3 is 2.55 bits per heavy atom. The summed E-state index contributed by atoms with van der Waals surface area (Å²) in [5.74, 6) is 0.302. The minimum absolute atomic E-state index is 0.141. The lowest BCUT2D eigenvalue weighted by atomic mass is 10.1. The van der Waals surface area contributed by atoms with Crippen LogP contribution in [0.3, 0.4) is 0 Å². The molecule has 22 heavy (non-hydrogen) atoms. The van der Waals surface area contributed by atoms with E-state index in [1.165, 1.54) is 0 Å². The Morgan fingerprint density at radius 1 is 1.27 bits per heavy atom. The Morgan fingerprint density at radius 2 is 2.00 bits per heavy atom. The Labute approximate surface area is 133 Å². The van der Waals surface area contributed by atoms with Gasteiger partial charge in [0, 0.05) is 39.4 Å². The van der Waals surface area contributed by atoms with E-state index >= 15 is 0 Å². The maximum absolute atomic E-state index is 9.99. The van der Waals surface area contributed by atoms with Crippen molar-refractivity contribution in [1.82, 2.24) is 9.80 Å². The Bertz CT molecular complexity index is 440. The van der Waals surface area contributed by atoms with E-state index in [1.54, 1.807) is 20.3 Å². The largest absolute Gasteiger partial charge is 0.508 e. The fourth-order valence-corrected chi connectivity index (χ4v) is 2.38. The summed E-state index contributed by atoms with van der Waals surface area (Å²) in [6, 6.07) is 7.51. The number of phenolic OH excluding ortho intramolecular Hbond substituents is 1. The molecular weight excluding hydrogens is 280 g/mol. The molecule has 0 aliphatic carbocycles. The lowest BCUT2D eigenvalue weighted by Crippen LogP contribution is -2.45. The summed E-state index contributed by atoms with van der Waals surface area (Å²) in [4.78, 5) is 4.29. The summed E-state index contributed by atoms with van der Waals surface area (Å²) in [5, 5.41) is 9.99. The molecule has 1 atom stereocenters. The van der Waals surface area contributed by atoms with Crippen molar-refractivity contribution in [3.8, 4) is 5.75 Å². The first kappa shape index (κ1) is 18.5. The van der Waals surface area contributed by atoms with Crippen LogP contribution >= 0.6 is 0 Å². The summed E-state index contributed by atoms with van der Waals surface area (Å²) in [7, 11) is 3.37. The van der Waals surface area contributed by atoms with Gasteiger partial charge in [-0.2, -0.15) is 0 Å². The van der Waals surface area contributed by atoms with Crippen LogP contribution in [-0.4, -0.2) is 61.6 Å². The monoisotopic (exact) mass is 308 g/mol. The first-order valence-electron chi connectivity index (χ1n) is 7.51. The lowest BCUT2D eigenvalue weighted by molar-refractivity contribution is -0.00820. The summed E-state index contributed by atoms with van der Waals surface area (Å²) < 4.78 is 10.7. The van der Waals surface area contributed by atoms with Crippen LogP contribution in [0.25, 0.3) is 0 Å². The van der Waals surface area contributed by atoms with Crippen molar-refractivity contribution in [3.63, 3.8) is 0 Å². The molecule has 0 aromatic heterocycles. The summed E-state index contributed by atoms with van der Waals surface area (Å²) in [6.07, 6.45) is 1.84. The predicted molar refractivity (Wildman–Crippen MR) is 88.6 cm³/mol. The molecule has 0 aliphatic heterocycles. The SMILES string of the molecule is C=CN(CC)C[C@H](COC)N(COC)Cc1ccccc1O. The molecule has 5 nitrogen and oxygen atoms in total. The first-order valence-corrected chi connectivity index (χ1v) is 7.51. The van der Waals surface area contributed by atoms with Crippen LogP contribution in [-0.2, 0) is 16.0 Å². The van der Waals surface area contributed by atoms with E-state index < -0.39 is 0 Å². The topological polar surface area (TPSA) is 45.2 Å². The molecule has 1 rings (SSSR count). The molecule has 0 radical (unpaired) electrons. The fraction of sp³-hybridized carbons (Fsp3) is 0.529. The van der Waals surface area contributed by atoms with Gasteiger partial charge in [-0.3, -0.25) is 4.90 Å². The van der Waals surface area contributed by atoms with Crippen LogP contribution in [0.5, 0.6) is 5.75 Å². The second kappa shape index (κ2) is 10.2. The average Bonchev–Trinajstić information content (AvgIpc) is 2.53. The molecule has 124 valence electrons. The number of para-hydroxylation sites is 1. The van der Waals surface area contributed by atoms with Gasteiger partial charge in [-0.05, 0) is 19.2 Å². The molecule has 0 heterocycles. The number of nitrogens with zero attached hydrogens (tertiary/aromatic N) is 2. The van der Waals surface area contributed by atoms with Crippen molar-refractivity contribution in [1.29, 1.82) is 0 Å². The zero-order valence-corrected chi connectivity index (χ0v) is 13.9. The number of methoxy groups -OCH3 is 2. The Hall–Kier alpha value is -1.56. The third-order valence-corrected chi connectivity index (χ3v) is 3.65. The smallest absolute Gasteiger partial charge is 0.120 e. The van der Waals surface area contributed by atoms with Crippen LogP contribution in [0.4, 0.5) is 0 Å². The standard InChI is InChI=1S/C17H28N2O3/c1-5-18(6-2)12-16(13-21-3)19(14-22-4)11-15-9-7-8-10-17(15)20/h5,7-10,16,20H,1,6,11-14H2,2-4H3/t16-/m1/s1. The molecule has 1 aromatic carbocycles. The Kier molecular flexibility index (Phi) is 8.58. The van der Waals surface area contributed by atoms with E-state index in [0.717, 1.165) is 18.7 Å². The number of rotatable bonds is 11. The molecule has 0 unspecified atom stereocenters. The van der Waals surface area contributed by atoms with Gasteiger partial charge in [0.1, 0.15) is 5.75 Å². The van der Waals surface area contributed by atoms with E-state index in [1.807, 2.05) is 24.4 Å². The molecule has 0 saturated heterocycles. The normalized spacial score (nSPS) is 12.4. The van der Waals surface area contributed by atoms with E-state index in [-0.39, 0.29) is 6.04 Å². The number of phenols is 1. The van der Waals surface area contributed by atoms with E-state index in [0.29, 0.717) is 25.6 Å². The number of hydrogen-bond acceptors (Lipinski definition) is 5. The van der Waals surface area contributed by atoms with Gasteiger partial charge in [0.25, 0.3) is 0 Å². The van der Waals surface area contributed by atoms with Gasteiger partial charge in [0.15, 0.2) is 0 Å². The minimum atomic E-state index is 0.141. The van der Waals surface area contributed by atoms with Crippen molar-refractivity contribution in [2.75, 3.05) is 40.6 Å². The molecule has 0 aliphatic rings. The van der Waals surface area contributed by atoms with Crippen molar-refractivity contribution >= 4 is 0 Å². The van der Waals surface area contributed by atoms with Crippen LogP contribution in [0.2, 0.25) is 0 Å². The number of likely N-dealkylation sites (N-methyl/N-ethyl adjacent to an activating group) is 1.